The molecule has 0 saturated carbocycles. The van der Waals surface area contributed by atoms with Crippen LogP contribution in [0, 0.1) is 0 Å². The van der Waals surface area contributed by atoms with Gasteiger partial charge in [0.1, 0.15) is 5.01 Å². The zero-order chi connectivity index (χ0) is 14.7. The lowest BCUT2D eigenvalue weighted by Crippen LogP contribution is -2.49. The summed E-state index contributed by atoms with van der Waals surface area (Å²) in [6.45, 7) is 8.70. The van der Waals surface area contributed by atoms with Crippen molar-refractivity contribution >= 4 is 11.3 Å². The molecule has 1 aliphatic heterocycles. The van der Waals surface area contributed by atoms with Crippen LogP contribution in [0.2, 0.25) is 0 Å². The number of nitrogens with one attached hydrogen (secondary N) is 1. The Kier molecular flexibility index (Phi) is 4.68. The molecular formula is C17H23N3S. The molecule has 21 heavy (non-hydrogen) atoms. The molecule has 2 aromatic rings. The maximum atomic E-state index is 4.82. The monoisotopic (exact) mass is 301 g/mol. The first-order chi connectivity index (χ1) is 10.3. The van der Waals surface area contributed by atoms with E-state index < -0.39 is 0 Å². The van der Waals surface area contributed by atoms with Crippen molar-refractivity contribution < 1.29 is 0 Å². The normalized spacial score (nSPS) is 19.8. The first-order valence-corrected chi connectivity index (χ1v) is 8.62. The van der Waals surface area contributed by atoms with Gasteiger partial charge < -0.3 is 5.32 Å². The highest BCUT2D eigenvalue weighted by Crippen LogP contribution is 2.25. The Balaban J connectivity index is 1.70. The molecule has 0 amide bonds. The summed E-state index contributed by atoms with van der Waals surface area (Å²) >= 11 is 1.75. The number of nitrogens with zero attached hydrogens (tertiary/aromatic N) is 2. The lowest BCUT2D eigenvalue weighted by atomic mass is 10.1. The summed E-state index contributed by atoms with van der Waals surface area (Å²) in [7, 11) is 0. The van der Waals surface area contributed by atoms with Crippen LogP contribution in [0.1, 0.15) is 25.1 Å². The largest absolute Gasteiger partial charge is 0.314 e. The first kappa shape index (κ1) is 14.7. The third kappa shape index (κ3) is 3.51. The predicted octanol–water partition coefficient (Wildman–Crippen LogP) is 3.17. The lowest BCUT2D eigenvalue weighted by molar-refractivity contribution is 0.164. The van der Waals surface area contributed by atoms with Crippen LogP contribution in [0.3, 0.4) is 0 Å². The third-order valence-electron chi connectivity index (χ3n) is 4.16. The topological polar surface area (TPSA) is 28.2 Å². The Labute approximate surface area is 131 Å². The number of hydrogen-bond acceptors (Lipinski definition) is 4. The number of hydrogen-bond donors (Lipinski definition) is 1. The number of rotatable bonds is 4. The molecule has 3 nitrogen and oxygen atoms in total. The highest BCUT2D eigenvalue weighted by molar-refractivity contribution is 7.13. The van der Waals surface area contributed by atoms with E-state index in [1.54, 1.807) is 11.3 Å². The van der Waals surface area contributed by atoms with Gasteiger partial charge in [0.05, 0.1) is 5.69 Å². The predicted molar refractivity (Wildman–Crippen MR) is 89.7 cm³/mol. The van der Waals surface area contributed by atoms with E-state index in [-0.39, 0.29) is 0 Å². The zero-order valence-electron chi connectivity index (χ0n) is 12.8. The molecule has 1 N–H and O–H groups in total. The summed E-state index contributed by atoms with van der Waals surface area (Å²) in [5, 5.41) is 6.77. The molecule has 112 valence electrons. The van der Waals surface area contributed by atoms with Gasteiger partial charge in [-0.25, -0.2) is 4.98 Å². The van der Waals surface area contributed by atoms with Gasteiger partial charge in [-0.3, -0.25) is 4.90 Å². The van der Waals surface area contributed by atoms with Crippen LogP contribution in [0.25, 0.3) is 10.6 Å². The molecule has 0 bridgehead atoms. The average molecular weight is 301 g/mol. The molecular weight excluding hydrogens is 278 g/mol. The van der Waals surface area contributed by atoms with Crippen molar-refractivity contribution in [1.82, 2.24) is 15.2 Å². The van der Waals surface area contributed by atoms with Crippen molar-refractivity contribution in [2.45, 2.75) is 32.9 Å². The van der Waals surface area contributed by atoms with Crippen LogP contribution in [0.4, 0.5) is 0 Å². The Hall–Kier alpha value is -1.23. The molecule has 0 unspecified atom stereocenters. The van der Waals surface area contributed by atoms with E-state index >= 15 is 0 Å². The van der Waals surface area contributed by atoms with Gasteiger partial charge in [0, 0.05) is 43.2 Å². The molecule has 1 aromatic carbocycles. The zero-order valence-corrected chi connectivity index (χ0v) is 13.6. The minimum absolute atomic E-state index is 0.590. The van der Waals surface area contributed by atoms with E-state index in [2.05, 4.69) is 53.7 Å². The summed E-state index contributed by atoms with van der Waals surface area (Å²) in [5.74, 6) is 0. The van der Waals surface area contributed by atoms with Crippen molar-refractivity contribution in [3.8, 4) is 10.6 Å². The fourth-order valence-corrected chi connectivity index (χ4v) is 3.54. The van der Waals surface area contributed by atoms with Crippen LogP contribution in [-0.2, 0) is 13.0 Å². The Bertz CT molecular complexity index is 576. The number of aryl methyl sites for hydroxylation is 1. The minimum atomic E-state index is 0.590. The van der Waals surface area contributed by atoms with E-state index in [9.17, 15) is 0 Å². The first-order valence-electron chi connectivity index (χ1n) is 7.74. The third-order valence-corrected chi connectivity index (χ3v) is 5.11. The van der Waals surface area contributed by atoms with Crippen molar-refractivity contribution in [2.24, 2.45) is 0 Å². The molecule has 0 radical (unpaired) electrons. The number of piperazine rings is 1. The van der Waals surface area contributed by atoms with Gasteiger partial charge >= 0.3 is 0 Å². The van der Waals surface area contributed by atoms with E-state index in [1.165, 1.54) is 16.8 Å². The fraction of sp³-hybridized carbons (Fsp3) is 0.471. The second kappa shape index (κ2) is 6.69. The fourth-order valence-electron chi connectivity index (χ4n) is 2.72. The standard InChI is InChI=1S/C17H23N3S/c1-3-14-4-6-15(7-5-14)17-19-16(12-21-17)11-20-9-8-18-10-13(20)2/h4-7,12-13,18H,3,8-11H2,1-2H3/t13-/m1/s1. The summed E-state index contributed by atoms with van der Waals surface area (Å²) in [6.07, 6.45) is 1.09. The molecule has 1 fully saturated rings. The Morgan fingerprint density at radius 1 is 1.33 bits per heavy atom. The van der Waals surface area contributed by atoms with Crippen LogP contribution >= 0.6 is 11.3 Å². The number of thiazole rings is 1. The molecule has 4 heteroatoms. The van der Waals surface area contributed by atoms with E-state index in [1.807, 2.05) is 0 Å². The van der Waals surface area contributed by atoms with Crippen LogP contribution in [0.5, 0.6) is 0 Å². The van der Waals surface area contributed by atoms with Crippen molar-refractivity contribution in [3.63, 3.8) is 0 Å². The highest BCUT2D eigenvalue weighted by atomic mass is 32.1. The maximum absolute atomic E-state index is 4.82. The van der Waals surface area contributed by atoms with Gasteiger partial charge in [0.2, 0.25) is 0 Å². The molecule has 0 spiro atoms. The van der Waals surface area contributed by atoms with Crippen LogP contribution < -0.4 is 5.32 Å². The summed E-state index contributed by atoms with van der Waals surface area (Å²) in [4.78, 5) is 7.33. The summed E-state index contributed by atoms with van der Waals surface area (Å²) in [5.41, 5.74) is 3.81. The molecule has 2 heterocycles. The molecule has 1 aromatic heterocycles. The minimum Gasteiger partial charge on any atom is -0.314 e. The van der Waals surface area contributed by atoms with Crippen molar-refractivity contribution in [2.75, 3.05) is 19.6 Å². The Morgan fingerprint density at radius 2 is 2.14 bits per heavy atom. The quantitative estimate of drug-likeness (QED) is 0.940. The summed E-state index contributed by atoms with van der Waals surface area (Å²) in [6, 6.07) is 9.38. The van der Waals surface area contributed by atoms with Crippen LogP contribution in [0.15, 0.2) is 29.6 Å². The number of aromatic nitrogens is 1. The summed E-state index contributed by atoms with van der Waals surface area (Å²) < 4.78 is 0. The second-order valence-electron chi connectivity index (χ2n) is 5.72. The maximum Gasteiger partial charge on any atom is 0.123 e. The van der Waals surface area contributed by atoms with Gasteiger partial charge in [0.15, 0.2) is 0 Å². The SMILES string of the molecule is CCc1ccc(-c2nc(CN3CCNC[C@H]3C)cs2)cc1. The van der Waals surface area contributed by atoms with E-state index in [0.717, 1.165) is 37.6 Å². The molecule has 1 saturated heterocycles. The second-order valence-corrected chi connectivity index (χ2v) is 6.58. The molecule has 1 aliphatic rings. The van der Waals surface area contributed by atoms with Crippen LogP contribution in [-0.4, -0.2) is 35.6 Å². The van der Waals surface area contributed by atoms with Crippen molar-refractivity contribution in [3.05, 3.63) is 40.9 Å². The average Bonchev–Trinajstić information content (AvgIpc) is 2.98. The van der Waals surface area contributed by atoms with E-state index in [4.69, 9.17) is 4.98 Å². The molecule has 3 rings (SSSR count). The van der Waals surface area contributed by atoms with Gasteiger partial charge in [-0.05, 0) is 18.9 Å². The van der Waals surface area contributed by atoms with E-state index in [0.29, 0.717) is 6.04 Å². The molecule has 1 atom stereocenters. The molecule has 0 aliphatic carbocycles. The van der Waals surface area contributed by atoms with Gasteiger partial charge in [0.25, 0.3) is 0 Å². The van der Waals surface area contributed by atoms with Gasteiger partial charge in [-0.15, -0.1) is 11.3 Å². The lowest BCUT2D eigenvalue weighted by Gasteiger charge is -2.33. The number of benzene rings is 1. The highest BCUT2D eigenvalue weighted by Gasteiger charge is 2.18. The Morgan fingerprint density at radius 3 is 2.86 bits per heavy atom. The smallest absolute Gasteiger partial charge is 0.123 e. The van der Waals surface area contributed by atoms with Gasteiger partial charge in [-0.1, -0.05) is 31.2 Å². The van der Waals surface area contributed by atoms with Crippen molar-refractivity contribution in [1.29, 1.82) is 0 Å². The van der Waals surface area contributed by atoms with Gasteiger partial charge in [-0.2, -0.15) is 0 Å².